The van der Waals surface area contributed by atoms with Crippen molar-refractivity contribution in [2.24, 2.45) is 5.92 Å². The van der Waals surface area contributed by atoms with E-state index < -0.39 is 12.0 Å². The minimum atomic E-state index is -1.12. The van der Waals surface area contributed by atoms with E-state index in [4.69, 9.17) is 4.74 Å². The number of aromatic nitrogens is 2. The molecule has 0 fully saturated rings. The molecule has 2 rings (SSSR count). The van der Waals surface area contributed by atoms with Gasteiger partial charge in [-0.05, 0) is 37.5 Å². The van der Waals surface area contributed by atoms with E-state index in [2.05, 4.69) is 24.3 Å². The average molecular weight is 373 g/mol. The summed E-state index contributed by atoms with van der Waals surface area (Å²) in [4.78, 5) is 24.2. The zero-order chi connectivity index (χ0) is 20.1. The lowest BCUT2D eigenvalue weighted by Gasteiger charge is -2.15. The number of carbonyl (C=O) groups is 2. The van der Waals surface area contributed by atoms with Crippen molar-refractivity contribution >= 4 is 11.9 Å². The Morgan fingerprint density at radius 3 is 2.37 bits per heavy atom. The van der Waals surface area contributed by atoms with E-state index in [-0.39, 0.29) is 12.3 Å². The first-order chi connectivity index (χ1) is 12.7. The van der Waals surface area contributed by atoms with Crippen LogP contribution in [-0.2, 0) is 22.6 Å². The van der Waals surface area contributed by atoms with Gasteiger partial charge in [-0.3, -0.25) is 9.48 Å². The molecule has 1 unspecified atom stereocenters. The molecule has 7 nitrogen and oxygen atoms in total. The lowest BCUT2D eigenvalue weighted by Crippen LogP contribution is -2.34. The van der Waals surface area contributed by atoms with Gasteiger partial charge in [-0.1, -0.05) is 26.0 Å². The van der Waals surface area contributed by atoms with Crippen molar-refractivity contribution in [1.29, 1.82) is 0 Å². The van der Waals surface area contributed by atoms with E-state index in [1.54, 1.807) is 24.3 Å². The fourth-order valence-corrected chi connectivity index (χ4v) is 2.97. The first kappa shape index (κ1) is 20.5. The minimum absolute atomic E-state index is 0.0930. The normalized spacial score (nSPS) is 12.1. The van der Waals surface area contributed by atoms with E-state index in [1.807, 2.05) is 18.5 Å². The van der Waals surface area contributed by atoms with Gasteiger partial charge in [0, 0.05) is 17.8 Å². The van der Waals surface area contributed by atoms with Gasteiger partial charge in [-0.15, -0.1) is 0 Å². The number of amides is 1. The first-order valence-corrected chi connectivity index (χ1v) is 8.92. The molecule has 2 N–H and O–H groups in total. The van der Waals surface area contributed by atoms with Gasteiger partial charge in [-0.25, -0.2) is 4.79 Å². The number of carboxylic acids is 1. The molecule has 1 atom stereocenters. The first-order valence-electron chi connectivity index (χ1n) is 8.92. The molecular formula is C20H27N3O4. The van der Waals surface area contributed by atoms with Crippen molar-refractivity contribution < 1.29 is 19.4 Å². The largest absolute Gasteiger partial charge is 0.497 e. The number of aryl methyl sites for hydroxylation is 1. The number of nitrogens with zero attached hydrogens (tertiary/aromatic N) is 2. The van der Waals surface area contributed by atoms with Gasteiger partial charge in [0.15, 0.2) is 6.04 Å². The quantitative estimate of drug-likeness (QED) is 0.742. The summed E-state index contributed by atoms with van der Waals surface area (Å²) in [6.45, 7) is 8.79. The average Bonchev–Trinajstić information content (AvgIpc) is 2.86. The van der Waals surface area contributed by atoms with Crippen LogP contribution >= 0.6 is 0 Å². The maximum Gasteiger partial charge on any atom is 0.330 e. The smallest absolute Gasteiger partial charge is 0.330 e. The molecule has 1 heterocycles. The molecule has 27 heavy (non-hydrogen) atoms. The van der Waals surface area contributed by atoms with Crippen LogP contribution < -0.4 is 10.1 Å². The van der Waals surface area contributed by atoms with Gasteiger partial charge < -0.3 is 15.2 Å². The van der Waals surface area contributed by atoms with Crippen LogP contribution in [0.4, 0.5) is 0 Å². The fraction of sp³-hybridized carbons (Fsp3) is 0.450. The summed E-state index contributed by atoms with van der Waals surface area (Å²) in [5.74, 6) is -0.403. The third-order valence-electron chi connectivity index (χ3n) is 4.41. The highest BCUT2D eigenvalue weighted by Crippen LogP contribution is 2.19. The van der Waals surface area contributed by atoms with Crippen molar-refractivity contribution in [2.75, 3.05) is 7.11 Å². The molecule has 2 aromatic rings. The molecule has 0 aliphatic heterocycles. The van der Waals surface area contributed by atoms with Crippen LogP contribution in [-0.4, -0.2) is 33.9 Å². The molecule has 0 radical (unpaired) electrons. The number of carboxylic acid groups (broad SMARTS) is 1. The summed E-state index contributed by atoms with van der Waals surface area (Å²) in [5.41, 5.74) is 3.06. The Morgan fingerprint density at radius 2 is 1.85 bits per heavy atom. The maximum absolute atomic E-state index is 12.5. The van der Waals surface area contributed by atoms with Crippen LogP contribution in [0.3, 0.4) is 0 Å². The molecule has 0 aliphatic carbocycles. The van der Waals surface area contributed by atoms with Crippen molar-refractivity contribution in [3.8, 4) is 5.75 Å². The highest BCUT2D eigenvalue weighted by molar-refractivity contribution is 5.86. The number of carbonyl (C=O) groups excluding carboxylic acids is 1. The van der Waals surface area contributed by atoms with Gasteiger partial charge in [0.25, 0.3) is 0 Å². The van der Waals surface area contributed by atoms with E-state index in [1.165, 1.54) is 7.11 Å². The minimum Gasteiger partial charge on any atom is -0.497 e. The standard InChI is InChI=1S/C20H27N3O4/c1-12(2)11-23-14(4)17(13(3)22-23)10-18(24)21-19(20(25)26)15-6-8-16(27-5)9-7-15/h6-9,12,19H,10-11H2,1-5H3,(H,21,24)(H,25,26). The van der Waals surface area contributed by atoms with E-state index in [0.29, 0.717) is 17.2 Å². The Labute approximate surface area is 159 Å². The summed E-state index contributed by atoms with van der Waals surface area (Å²) in [5, 5.41) is 16.6. The number of hydrogen-bond donors (Lipinski definition) is 2. The van der Waals surface area contributed by atoms with Crippen molar-refractivity contribution in [3.05, 3.63) is 46.8 Å². The third-order valence-corrected chi connectivity index (χ3v) is 4.41. The van der Waals surface area contributed by atoms with Gasteiger partial charge in [0.05, 0.1) is 19.2 Å². The van der Waals surface area contributed by atoms with Crippen LogP contribution in [0.5, 0.6) is 5.75 Å². The van der Waals surface area contributed by atoms with Gasteiger partial charge in [-0.2, -0.15) is 5.10 Å². The number of benzene rings is 1. The van der Waals surface area contributed by atoms with Crippen LogP contribution in [0.15, 0.2) is 24.3 Å². The van der Waals surface area contributed by atoms with Gasteiger partial charge in [0.2, 0.25) is 5.91 Å². The number of rotatable bonds is 8. The summed E-state index contributed by atoms with van der Waals surface area (Å²) in [6, 6.07) is 5.49. The lowest BCUT2D eigenvalue weighted by molar-refractivity contribution is -0.141. The zero-order valence-electron chi connectivity index (χ0n) is 16.4. The Balaban J connectivity index is 2.14. The van der Waals surface area contributed by atoms with Gasteiger partial charge in [0.1, 0.15) is 5.75 Å². The Bertz CT molecular complexity index is 809. The van der Waals surface area contributed by atoms with Crippen LogP contribution in [0.25, 0.3) is 0 Å². The molecular weight excluding hydrogens is 346 g/mol. The van der Waals surface area contributed by atoms with Crippen LogP contribution in [0.1, 0.15) is 42.4 Å². The highest BCUT2D eigenvalue weighted by atomic mass is 16.5. The summed E-state index contributed by atoms with van der Waals surface area (Å²) in [6.07, 6.45) is 0.0930. The Hall–Kier alpha value is -2.83. The van der Waals surface area contributed by atoms with E-state index in [9.17, 15) is 14.7 Å². The number of hydrogen-bond acceptors (Lipinski definition) is 4. The van der Waals surface area contributed by atoms with Crippen LogP contribution in [0.2, 0.25) is 0 Å². The van der Waals surface area contributed by atoms with Gasteiger partial charge >= 0.3 is 5.97 Å². The zero-order valence-corrected chi connectivity index (χ0v) is 16.4. The molecule has 0 aliphatic rings. The van der Waals surface area contributed by atoms with Crippen molar-refractivity contribution in [2.45, 2.75) is 46.7 Å². The highest BCUT2D eigenvalue weighted by Gasteiger charge is 2.23. The summed E-state index contributed by atoms with van der Waals surface area (Å²) < 4.78 is 6.99. The molecule has 0 saturated heterocycles. The Morgan fingerprint density at radius 1 is 1.22 bits per heavy atom. The lowest BCUT2D eigenvalue weighted by atomic mass is 10.1. The molecule has 0 spiro atoms. The van der Waals surface area contributed by atoms with Crippen LogP contribution in [0, 0.1) is 19.8 Å². The maximum atomic E-state index is 12.5. The van der Waals surface area contributed by atoms with Crippen molar-refractivity contribution in [3.63, 3.8) is 0 Å². The topological polar surface area (TPSA) is 93.5 Å². The van der Waals surface area contributed by atoms with E-state index >= 15 is 0 Å². The number of ether oxygens (including phenoxy) is 1. The second kappa shape index (κ2) is 8.70. The van der Waals surface area contributed by atoms with E-state index in [0.717, 1.165) is 23.5 Å². The Kier molecular flexibility index (Phi) is 6.60. The monoisotopic (exact) mass is 373 g/mol. The molecule has 0 saturated carbocycles. The number of methoxy groups -OCH3 is 1. The second-order valence-electron chi connectivity index (χ2n) is 7.01. The number of aliphatic carboxylic acids is 1. The molecule has 1 aromatic carbocycles. The number of nitrogens with one attached hydrogen (secondary N) is 1. The predicted octanol–water partition coefficient (Wildman–Crippen LogP) is 2.65. The predicted molar refractivity (Wildman–Crippen MR) is 102 cm³/mol. The summed E-state index contributed by atoms with van der Waals surface area (Å²) >= 11 is 0. The molecule has 7 heteroatoms. The SMILES string of the molecule is COc1ccc(C(NC(=O)Cc2c(C)nn(CC(C)C)c2C)C(=O)O)cc1. The summed E-state index contributed by atoms with van der Waals surface area (Å²) in [7, 11) is 1.54. The molecule has 146 valence electrons. The molecule has 0 bridgehead atoms. The second-order valence-corrected chi connectivity index (χ2v) is 7.01. The molecule has 1 amide bonds. The molecule has 1 aromatic heterocycles. The fourth-order valence-electron chi connectivity index (χ4n) is 2.97. The third kappa shape index (κ3) is 5.09. The van der Waals surface area contributed by atoms with Crippen molar-refractivity contribution in [1.82, 2.24) is 15.1 Å².